The topological polar surface area (TPSA) is 67.9 Å². The van der Waals surface area contributed by atoms with Gasteiger partial charge in [0, 0.05) is 54.7 Å². The molecule has 0 bridgehead atoms. The van der Waals surface area contributed by atoms with Crippen LogP contribution in [0, 0.1) is 18.6 Å². The van der Waals surface area contributed by atoms with Gasteiger partial charge >= 0.3 is 6.18 Å². The van der Waals surface area contributed by atoms with Crippen LogP contribution in [0.15, 0.2) is 47.0 Å². The molecule has 3 aromatic rings. The van der Waals surface area contributed by atoms with E-state index >= 15 is 4.39 Å². The molecule has 0 saturated carbocycles. The van der Waals surface area contributed by atoms with E-state index in [1.807, 2.05) is 11.9 Å². The molecule has 1 aromatic heterocycles. The van der Waals surface area contributed by atoms with Crippen LogP contribution in [-0.2, 0) is 6.18 Å². The van der Waals surface area contributed by atoms with E-state index in [0.29, 0.717) is 31.9 Å². The molecule has 38 heavy (non-hydrogen) atoms. The predicted octanol–water partition coefficient (Wildman–Crippen LogP) is 5.11. The minimum Gasteiger partial charge on any atom is -0.435 e. The maximum Gasteiger partial charge on any atom is 0.418 e. The first-order valence-corrected chi connectivity index (χ1v) is 11.8. The number of nitrogens with zero attached hydrogens (tertiary/aromatic N) is 3. The second-order valence-electron chi connectivity index (χ2n) is 9.18. The van der Waals surface area contributed by atoms with Crippen molar-refractivity contribution in [1.82, 2.24) is 15.2 Å². The molecular weight excluding hydrogens is 514 g/mol. The highest BCUT2D eigenvalue weighted by Gasteiger charge is 2.36. The number of benzene rings is 2. The summed E-state index contributed by atoms with van der Waals surface area (Å²) in [4.78, 5) is 10.3. The van der Waals surface area contributed by atoms with E-state index in [1.54, 1.807) is 11.8 Å². The minimum absolute atomic E-state index is 0.0322. The van der Waals surface area contributed by atoms with Crippen molar-refractivity contribution in [2.24, 2.45) is 4.99 Å². The van der Waals surface area contributed by atoms with Gasteiger partial charge in [0.25, 0.3) is 0 Å². The van der Waals surface area contributed by atoms with E-state index in [4.69, 9.17) is 4.74 Å². The van der Waals surface area contributed by atoms with E-state index in [9.17, 15) is 22.0 Å². The Morgan fingerprint density at radius 3 is 2.50 bits per heavy atom. The number of aromatic nitrogens is 1. The molecule has 0 amide bonds. The number of anilines is 2. The van der Waals surface area contributed by atoms with Crippen LogP contribution in [0.25, 0.3) is 10.9 Å². The third-order valence-corrected chi connectivity index (χ3v) is 6.44. The first-order valence-electron chi connectivity index (χ1n) is 11.8. The molecule has 1 atom stereocenters. The Bertz CT molecular complexity index is 1420. The van der Waals surface area contributed by atoms with Crippen LogP contribution < -0.4 is 20.3 Å². The number of piperazine rings is 1. The molecule has 1 fully saturated rings. The van der Waals surface area contributed by atoms with Crippen molar-refractivity contribution < 1.29 is 31.1 Å². The molecule has 5 rings (SSSR count). The standard InChI is InChI=1S/C25H24F6N6O/c1-13-9-15-20(27)19(11-17(26)22(15)34-13)38-24-21(28)23(32-12-33-24)35-14-3-4-18(16(10-14)25(29,30)31)37-7-5-36(2)6-8-37/h3-4,9-12,23,34-35H,5-8H2,1-2H3,(H,32,33). The lowest BCUT2D eigenvalue weighted by Gasteiger charge is -2.35. The van der Waals surface area contributed by atoms with Gasteiger partial charge < -0.3 is 30.2 Å². The van der Waals surface area contributed by atoms with E-state index in [0.717, 1.165) is 18.5 Å². The predicted molar refractivity (Wildman–Crippen MR) is 132 cm³/mol. The van der Waals surface area contributed by atoms with E-state index in [2.05, 4.69) is 20.6 Å². The molecule has 202 valence electrons. The third-order valence-electron chi connectivity index (χ3n) is 6.44. The van der Waals surface area contributed by atoms with Gasteiger partial charge in [-0.2, -0.15) is 13.2 Å². The lowest BCUT2D eigenvalue weighted by Crippen LogP contribution is -2.45. The first-order chi connectivity index (χ1) is 18.0. The molecule has 0 radical (unpaired) electrons. The highest BCUT2D eigenvalue weighted by molar-refractivity contribution is 5.83. The average Bonchev–Trinajstić information content (AvgIpc) is 3.27. The van der Waals surface area contributed by atoms with Crippen LogP contribution in [0.2, 0.25) is 0 Å². The van der Waals surface area contributed by atoms with E-state index in [1.165, 1.54) is 18.2 Å². The number of ether oxygens (including phenoxy) is 1. The molecule has 3 N–H and O–H groups in total. The number of hydrogen-bond acceptors (Lipinski definition) is 6. The number of halogens is 6. The molecular formula is C25H24F6N6O. The van der Waals surface area contributed by atoms with Crippen molar-refractivity contribution in [1.29, 1.82) is 0 Å². The molecule has 7 nitrogen and oxygen atoms in total. The van der Waals surface area contributed by atoms with Crippen molar-refractivity contribution in [2.75, 3.05) is 43.4 Å². The number of nitrogens with one attached hydrogen (secondary N) is 3. The van der Waals surface area contributed by atoms with Crippen LogP contribution in [-0.4, -0.2) is 55.6 Å². The Kier molecular flexibility index (Phi) is 6.63. The molecule has 2 aliphatic heterocycles. The zero-order valence-corrected chi connectivity index (χ0v) is 20.4. The number of likely N-dealkylation sites (N-methyl/N-ethyl adjacent to an activating group) is 1. The maximum absolute atomic E-state index is 15.2. The van der Waals surface area contributed by atoms with Gasteiger partial charge in [-0.3, -0.25) is 0 Å². The summed E-state index contributed by atoms with van der Waals surface area (Å²) in [6.07, 6.45) is -5.06. The summed E-state index contributed by atoms with van der Waals surface area (Å²) in [5.41, 5.74) is -0.393. The summed E-state index contributed by atoms with van der Waals surface area (Å²) in [6.45, 7) is 3.75. The van der Waals surface area contributed by atoms with E-state index in [-0.39, 0.29) is 22.3 Å². The fourth-order valence-electron chi connectivity index (χ4n) is 4.46. The maximum atomic E-state index is 15.2. The summed E-state index contributed by atoms with van der Waals surface area (Å²) in [7, 11) is 1.90. The highest BCUT2D eigenvalue weighted by atomic mass is 19.4. The first kappa shape index (κ1) is 25.8. The van der Waals surface area contributed by atoms with Gasteiger partial charge in [0.15, 0.2) is 23.5 Å². The second-order valence-corrected chi connectivity index (χ2v) is 9.18. The fourth-order valence-corrected chi connectivity index (χ4v) is 4.46. The monoisotopic (exact) mass is 538 g/mol. The number of aromatic amines is 1. The minimum atomic E-state index is -4.65. The summed E-state index contributed by atoms with van der Waals surface area (Å²) in [5, 5.41) is 4.92. The summed E-state index contributed by atoms with van der Waals surface area (Å²) < 4.78 is 91.6. The second kappa shape index (κ2) is 9.78. The number of fused-ring (bicyclic) bond motifs is 1. The average molecular weight is 538 g/mol. The quantitative estimate of drug-likeness (QED) is 0.394. The molecule has 2 aromatic carbocycles. The van der Waals surface area contributed by atoms with Crippen molar-refractivity contribution >= 4 is 28.6 Å². The number of rotatable bonds is 5. The van der Waals surface area contributed by atoms with Crippen LogP contribution in [0.4, 0.5) is 37.7 Å². The SMILES string of the molecule is Cc1cc2c(F)c(OC3=C(F)C(Nc4ccc(N5CCN(C)CC5)c(C(F)(F)F)c4)N=CN3)cc(F)c2[nH]1. The third kappa shape index (κ3) is 4.97. The van der Waals surface area contributed by atoms with Gasteiger partial charge in [-0.1, -0.05) is 0 Å². The van der Waals surface area contributed by atoms with Gasteiger partial charge in [-0.05, 0) is 38.2 Å². The summed E-state index contributed by atoms with van der Waals surface area (Å²) in [6, 6.07) is 5.81. The van der Waals surface area contributed by atoms with Crippen molar-refractivity contribution in [3.05, 3.63) is 64.9 Å². The molecule has 3 heterocycles. The van der Waals surface area contributed by atoms with Crippen LogP contribution in [0.5, 0.6) is 5.75 Å². The zero-order chi connectivity index (χ0) is 27.2. The number of H-pyrrole nitrogens is 1. The summed E-state index contributed by atoms with van der Waals surface area (Å²) >= 11 is 0. The molecule has 13 heteroatoms. The molecule has 2 aliphatic rings. The zero-order valence-electron chi connectivity index (χ0n) is 20.4. The van der Waals surface area contributed by atoms with Crippen LogP contribution in [0.3, 0.4) is 0 Å². The lowest BCUT2D eigenvalue weighted by molar-refractivity contribution is -0.137. The normalized spacial score (nSPS) is 18.7. The number of hydrogen-bond donors (Lipinski definition) is 3. The number of alkyl halides is 3. The molecule has 1 unspecified atom stereocenters. The highest BCUT2D eigenvalue weighted by Crippen LogP contribution is 2.39. The van der Waals surface area contributed by atoms with Gasteiger partial charge in [0.05, 0.1) is 17.4 Å². The Morgan fingerprint density at radius 1 is 1.05 bits per heavy atom. The molecule has 0 aliphatic carbocycles. The number of aliphatic imine (C=N–C) groups is 1. The molecule has 1 saturated heterocycles. The van der Waals surface area contributed by atoms with Crippen molar-refractivity contribution in [3.8, 4) is 5.75 Å². The Labute approximate surface area is 213 Å². The van der Waals surface area contributed by atoms with Crippen LogP contribution in [0.1, 0.15) is 11.3 Å². The van der Waals surface area contributed by atoms with Crippen molar-refractivity contribution in [3.63, 3.8) is 0 Å². The van der Waals surface area contributed by atoms with E-state index < -0.39 is 47.0 Å². The largest absolute Gasteiger partial charge is 0.435 e. The van der Waals surface area contributed by atoms with Gasteiger partial charge in [-0.25, -0.2) is 18.2 Å². The van der Waals surface area contributed by atoms with Gasteiger partial charge in [-0.15, -0.1) is 0 Å². The van der Waals surface area contributed by atoms with Gasteiger partial charge in [0.2, 0.25) is 11.7 Å². The Balaban J connectivity index is 1.40. The Morgan fingerprint density at radius 2 is 1.79 bits per heavy atom. The lowest BCUT2D eigenvalue weighted by atomic mass is 10.1. The number of aryl methyl sites for hydroxylation is 1. The fraction of sp³-hybridized carbons (Fsp3) is 0.320. The van der Waals surface area contributed by atoms with Crippen molar-refractivity contribution in [2.45, 2.75) is 19.3 Å². The van der Waals surface area contributed by atoms with Gasteiger partial charge in [0.1, 0.15) is 0 Å². The summed E-state index contributed by atoms with van der Waals surface area (Å²) in [5.74, 6) is -3.92. The smallest absolute Gasteiger partial charge is 0.418 e. The molecule has 0 spiro atoms. The Hall–Kier alpha value is -3.87. The van der Waals surface area contributed by atoms with Crippen LogP contribution >= 0.6 is 0 Å².